The highest BCUT2D eigenvalue weighted by molar-refractivity contribution is 6.04. The molecule has 1 aromatic rings. The SMILES string of the molecule is O=C1C2CCCCN2C(=O)N1CC(O)c1cc(F)ccc1F. The molecule has 2 aliphatic rings. The summed E-state index contributed by atoms with van der Waals surface area (Å²) in [5.74, 6) is -1.83. The molecule has 118 valence electrons. The molecule has 0 bridgehead atoms. The highest BCUT2D eigenvalue weighted by Crippen LogP contribution is 2.28. The largest absolute Gasteiger partial charge is 0.386 e. The van der Waals surface area contributed by atoms with Crippen molar-refractivity contribution in [3.8, 4) is 0 Å². The maximum Gasteiger partial charge on any atom is 0.327 e. The van der Waals surface area contributed by atoms with Crippen molar-refractivity contribution in [2.75, 3.05) is 13.1 Å². The number of aliphatic hydroxyl groups excluding tert-OH is 1. The van der Waals surface area contributed by atoms with Crippen LogP contribution in [0.15, 0.2) is 18.2 Å². The summed E-state index contributed by atoms with van der Waals surface area (Å²) in [6.45, 7) is 0.140. The van der Waals surface area contributed by atoms with Crippen molar-refractivity contribution in [1.82, 2.24) is 9.80 Å². The number of hydrogen-bond donors (Lipinski definition) is 1. The molecule has 0 radical (unpaired) electrons. The lowest BCUT2D eigenvalue weighted by molar-refractivity contribution is -0.129. The Kier molecular flexibility index (Phi) is 3.82. The second kappa shape index (κ2) is 5.64. The molecule has 7 heteroatoms. The summed E-state index contributed by atoms with van der Waals surface area (Å²) in [4.78, 5) is 26.9. The van der Waals surface area contributed by atoms with Gasteiger partial charge in [0, 0.05) is 12.1 Å². The summed E-state index contributed by atoms with van der Waals surface area (Å²) < 4.78 is 26.8. The molecular formula is C15H16F2N2O3. The number of aliphatic hydroxyl groups is 1. The van der Waals surface area contributed by atoms with E-state index in [-0.39, 0.29) is 18.0 Å². The first kappa shape index (κ1) is 14.9. The first-order valence-corrected chi connectivity index (χ1v) is 7.24. The smallest absolute Gasteiger partial charge is 0.327 e. The Bertz CT molecular complexity index is 599. The maximum atomic E-state index is 13.7. The monoisotopic (exact) mass is 310 g/mol. The van der Waals surface area contributed by atoms with Gasteiger partial charge in [-0.2, -0.15) is 0 Å². The normalized spacial score (nSPS) is 23.0. The standard InChI is InChI=1S/C15H16F2N2O3/c16-9-4-5-11(17)10(7-9)13(20)8-19-14(21)12-3-1-2-6-18(12)15(19)22/h4-5,7,12-13,20H,1-3,6,8H2. The zero-order valence-electron chi connectivity index (χ0n) is 11.8. The van der Waals surface area contributed by atoms with Gasteiger partial charge in [-0.1, -0.05) is 0 Å². The Morgan fingerprint density at radius 1 is 1.27 bits per heavy atom. The Hall–Kier alpha value is -2.02. The molecule has 2 heterocycles. The van der Waals surface area contributed by atoms with E-state index in [0.717, 1.165) is 35.9 Å². The summed E-state index contributed by atoms with van der Waals surface area (Å²) >= 11 is 0. The third kappa shape index (κ3) is 2.45. The Morgan fingerprint density at radius 2 is 2.05 bits per heavy atom. The number of fused-ring (bicyclic) bond motifs is 1. The molecular weight excluding hydrogens is 294 g/mol. The van der Waals surface area contributed by atoms with Crippen LogP contribution in [-0.2, 0) is 4.79 Å². The number of carbonyl (C=O) groups is 2. The van der Waals surface area contributed by atoms with Crippen LogP contribution in [0.4, 0.5) is 13.6 Å². The molecule has 1 aromatic carbocycles. The number of piperidine rings is 1. The third-order valence-electron chi connectivity index (χ3n) is 4.20. The number of carbonyl (C=O) groups excluding carboxylic acids is 2. The predicted octanol–water partition coefficient (Wildman–Crippen LogP) is 1.81. The van der Waals surface area contributed by atoms with E-state index in [9.17, 15) is 23.5 Å². The molecule has 2 aliphatic heterocycles. The Morgan fingerprint density at radius 3 is 2.77 bits per heavy atom. The molecule has 3 amide bonds. The van der Waals surface area contributed by atoms with Gasteiger partial charge in [0.05, 0.1) is 6.54 Å². The van der Waals surface area contributed by atoms with Crippen LogP contribution in [0.5, 0.6) is 0 Å². The van der Waals surface area contributed by atoms with Crippen molar-refractivity contribution in [3.05, 3.63) is 35.4 Å². The van der Waals surface area contributed by atoms with Crippen molar-refractivity contribution in [1.29, 1.82) is 0 Å². The van der Waals surface area contributed by atoms with E-state index in [4.69, 9.17) is 0 Å². The highest BCUT2D eigenvalue weighted by atomic mass is 19.1. The molecule has 0 saturated carbocycles. The van der Waals surface area contributed by atoms with E-state index in [1.807, 2.05) is 0 Å². The van der Waals surface area contributed by atoms with Crippen molar-refractivity contribution in [2.45, 2.75) is 31.4 Å². The summed E-state index contributed by atoms with van der Waals surface area (Å²) in [5.41, 5.74) is -0.259. The molecule has 0 spiro atoms. The van der Waals surface area contributed by atoms with Crippen molar-refractivity contribution in [3.63, 3.8) is 0 Å². The van der Waals surface area contributed by atoms with Crippen LogP contribution in [-0.4, -0.2) is 46.0 Å². The average Bonchev–Trinajstić information content (AvgIpc) is 2.75. The lowest BCUT2D eigenvalue weighted by Crippen LogP contribution is -2.39. The first-order chi connectivity index (χ1) is 10.5. The fourth-order valence-corrected chi connectivity index (χ4v) is 3.06. The van der Waals surface area contributed by atoms with Gasteiger partial charge in [-0.25, -0.2) is 13.6 Å². The van der Waals surface area contributed by atoms with E-state index < -0.39 is 29.8 Å². The summed E-state index contributed by atoms with van der Waals surface area (Å²) in [6, 6.07) is 1.78. The molecule has 0 aliphatic carbocycles. The quantitative estimate of drug-likeness (QED) is 0.866. The minimum absolute atomic E-state index is 0.259. The number of benzene rings is 1. The first-order valence-electron chi connectivity index (χ1n) is 7.24. The van der Waals surface area contributed by atoms with Crippen LogP contribution in [0.3, 0.4) is 0 Å². The van der Waals surface area contributed by atoms with Gasteiger partial charge in [-0.05, 0) is 37.5 Å². The zero-order chi connectivity index (χ0) is 15.9. The number of β-amino-alcohol motifs (C(OH)–C–C–N with tert-alkyl or cyclic N) is 1. The van der Waals surface area contributed by atoms with Gasteiger partial charge in [0.1, 0.15) is 23.8 Å². The maximum absolute atomic E-state index is 13.7. The number of amides is 3. The summed E-state index contributed by atoms with van der Waals surface area (Å²) in [7, 11) is 0. The van der Waals surface area contributed by atoms with E-state index >= 15 is 0 Å². The van der Waals surface area contributed by atoms with Crippen LogP contribution in [0.25, 0.3) is 0 Å². The predicted molar refractivity (Wildman–Crippen MR) is 72.8 cm³/mol. The van der Waals surface area contributed by atoms with E-state index in [2.05, 4.69) is 0 Å². The van der Waals surface area contributed by atoms with Crippen LogP contribution in [0.2, 0.25) is 0 Å². The highest BCUT2D eigenvalue weighted by Gasteiger charge is 2.46. The zero-order valence-corrected chi connectivity index (χ0v) is 11.8. The topological polar surface area (TPSA) is 60.9 Å². The molecule has 2 saturated heterocycles. The average molecular weight is 310 g/mol. The van der Waals surface area contributed by atoms with E-state index in [0.29, 0.717) is 13.0 Å². The van der Waals surface area contributed by atoms with Gasteiger partial charge in [0.25, 0.3) is 5.91 Å². The van der Waals surface area contributed by atoms with Crippen molar-refractivity contribution in [2.24, 2.45) is 0 Å². The molecule has 1 N–H and O–H groups in total. The minimum atomic E-state index is -1.45. The molecule has 5 nitrogen and oxygen atoms in total. The number of hydrogen-bond acceptors (Lipinski definition) is 3. The Balaban J connectivity index is 1.79. The van der Waals surface area contributed by atoms with E-state index in [1.54, 1.807) is 0 Å². The van der Waals surface area contributed by atoms with Crippen LogP contribution in [0, 0.1) is 11.6 Å². The molecule has 2 unspecified atom stereocenters. The van der Waals surface area contributed by atoms with Crippen LogP contribution < -0.4 is 0 Å². The Labute approximate surface area is 126 Å². The third-order valence-corrected chi connectivity index (χ3v) is 4.20. The lowest BCUT2D eigenvalue weighted by atomic mass is 10.0. The fraction of sp³-hybridized carbons (Fsp3) is 0.467. The van der Waals surface area contributed by atoms with Gasteiger partial charge in [0.15, 0.2) is 0 Å². The van der Waals surface area contributed by atoms with E-state index in [1.165, 1.54) is 4.90 Å². The number of nitrogens with zero attached hydrogens (tertiary/aromatic N) is 2. The van der Waals surface area contributed by atoms with Gasteiger partial charge in [0.2, 0.25) is 0 Å². The van der Waals surface area contributed by atoms with Crippen LogP contribution in [0.1, 0.15) is 30.9 Å². The van der Waals surface area contributed by atoms with Crippen molar-refractivity contribution < 1.29 is 23.5 Å². The summed E-state index contributed by atoms with van der Waals surface area (Å²) in [6.07, 6.45) is 0.857. The molecule has 2 atom stereocenters. The molecule has 22 heavy (non-hydrogen) atoms. The molecule has 0 aromatic heterocycles. The van der Waals surface area contributed by atoms with Crippen LogP contribution >= 0.6 is 0 Å². The second-order valence-electron chi connectivity index (χ2n) is 5.62. The van der Waals surface area contributed by atoms with Gasteiger partial charge in [-0.15, -0.1) is 0 Å². The second-order valence-corrected chi connectivity index (χ2v) is 5.62. The minimum Gasteiger partial charge on any atom is -0.386 e. The number of halogens is 2. The molecule has 2 fully saturated rings. The number of imide groups is 1. The number of rotatable bonds is 3. The summed E-state index contributed by atoms with van der Waals surface area (Å²) in [5, 5.41) is 10.1. The number of urea groups is 1. The van der Waals surface area contributed by atoms with Gasteiger partial charge < -0.3 is 10.0 Å². The van der Waals surface area contributed by atoms with Crippen molar-refractivity contribution >= 4 is 11.9 Å². The van der Waals surface area contributed by atoms with Gasteiger partial charge in [-0.3, -0.25) is 9.69 Å². The van der Waals surface area contributed by atoms with Gasteiger partial charge >= 0.3 is 6.03 Å². The lowest BCUT2D eigenvalue weighted by Gasteiger charge is -2.26. The molecule has 3 rings (SSSR count). The fourth-order valence-electron chi connectivity index (χ4n) is 3.06.